The average Bonchev–Trinajstić information content (AvgIpc) is 2.76. The van der Waals surface area contributed by atoms with Gasteiger partial charge >= 0.3 is 0 Å². The number of ether oxygens (including phenoxy) is 2. The Morgan fingerprint density at radius 2 is 1.79 bits per heavy atom. The highest BCUT2D eigenvalue weighted by molar-refractivity contribution is 5.46. The van der Waals surface area contributed by atoms with Crippen LogP contribution in [0, 0.1) is 13.8 Å². The van der Waals surface area contributed by atoms with Crippen LogP contribution >= 0.6 is 0 Å². The highest BCUT2D eigenvalue weighted by Gasteiger charge is 2.18. The van der Waals surface area contributed by atoms with Gasteiger partial charge in [0, 0.05) is 5.56 Å². The topological polar surface area (TPSA) is 57.6 Å². The molecule has 2 aromatic rings. The Labute approximate surface area is 112 Å². The van der Waals surface area contributed by atoms with Crippen LogP contribution in [0.25, 0.3) is 0 Å². The van der Waals surface area contributed by atoms with E-state index in [0.717, 1.165) is 34.1 Å². The average molecular weight is 259 g/mol. The molecule has 0 aliphatic carbocycles. The van der Waals surface area contributed by atoms with Gasteiger partial charge < -0.3 is 19.6 Å². The first-order valence-corrected chi connectivity index (χ1v) is 6.37. The van der Waals surface area contributed by atoms with Crippen LogP contribution < -0.4 is 15.2 Å². The van der Waals surface area contributed by atoms with E-state index in [1.165, 1.54) is 0 Å². The summed E-state index contributed by atoms with van der Waals surface area (Å²) in [6.07, 6.45) is 0. The van der Waals surface area contributed by atoms with Gasteiger partial charge in [-0.2, -0.15) is 0 Å². The molecule has 1 aromatic heterocycles. The molecule has 1 unspecified atom stereocenters. The Morgan fingerprint density at radius 3 is 2.47 bits per heavy atom. The highest BCUT2D eigenvalue weighted by Crippen LogP contribution is 2.34. The van der Waals surface area contributed by atoms with Crippen molar-refractivity contribution in [1.82, 2.24) is 0 Å². The third-order valence-corrected chi connectivity index (χ3v) is 3.34. The minimum absolute atomic E-state index is 0.215. The largest absolute Gasteiger partial charge is 0.486 e. The zero-order valence-corrected chi connectivity index (χ0v) is 11.1. The minimum atomic E-state index is -0.215. The first kappa shape index (κ1) is 12.1. The predicted octanol–water partition coefficient (Wildman–Crippen LogP) is 2.72. The lowest BCUT2D eigenvalue weighted by Crippen LogP contribution is -2.17. The molecule has 0 saturated heterocycles. The number of aryl methyl sites for hydroxylation is 2. The van der Waals surface area contributed by atoms with E-state index in [9.17, 15) is 0 Å². The van der Waals surface area contributed by atoms with Crippen molar-refractivity contribution in [2.75, 3.05) is 13.2 Å². The van der Waals surface area contributed by atoms with Crippen LogP contribution in [0.15, 0.2) is 28.7 Å². The summed E-state index contributed by atoms with van der Waals surface area (Å²) in [5.74, 6) is 3.28. The molecule has 0 radical (unpaired) electrons. The second kappa shape index (κ2) is 4.63. The quantitative estimate of drug-likeness (QED) is 0.901. The van der Waals surface area contributed by atoms with Gasteiger partial charge in [-0.05, 0) is 37.6 Å². The van der Waals surface area contributed by atoms with Gasteiger partial charge in [0.15, 0.2) is 11.5 Å². The predicted molar refractivity (Wildman–Crippen MR) is 71.6 cm³/mol. The van der Waals surface area contributed by atoms with Gasteiger partial charge in [0.1, 0.15) is 24.7 Å². The number of hydrogen-bond acceptors (Lipinski definition) is 4. The maximum absolute atomic E-state index is 6.31. The molecule has 2 heterocycles. The molecule has 100 valence electrons. The molecule has 1 aliphatic heterocycles. The Balaban J connectivity index is 1.95. The Kier molecular flexibility index (Phi) is 2.95. The van der Waals surface area contributed by atoms with Crippen LogP contribution in [0.4, 0.5) is 0 Å². The normalized spacial score (nSPS) is 15.3. The lowest BCUT2D eigenvalue weighted by Gasteiger charge is -2.20. The second-order valence-electron chi connectivity index (χ2n) is 4.75. The molecule has 4 nitrogen and oxygen atoms in total. The van der Waals surface area contributed by atoms with Crippen LogP contribution in [0.2, 0.25) is 0 Å². The molecule has 0 fully saturated rings. The van der Waals surface area contributed by atoms with Crippen molar-refractivity contribution >= 4 is 0 Å². The molecule has 0 amide bonds. The third kappa shape index (κ3) is 2.19. The van der Waals surface area contributed by atoms with Gasteiger partial charge in [-0.25, -0.2) is 0 Å². The van der Waals surface area contributed by atoms with Gasteiger partial charge in [0.25, 0.3) is 0 Å². The van der Waals surface area contributed by atoms with Crippen molar-refractivity contribution in [3.63, 3.8) is 0 Å². The standard InChI is InChI=1S/C15H17NO3/c1-9-7-12(10(2)19-9)15(16)11-3-4-13-14(8-11)18-6-5-17-13/h3-4,7-8,15H,5-6,16H2,1-2H3. The fourth-order valence-electron chi connectivity index (χ4n) is 2.39. The highest BCUT2D eigenvalue weighted by atomic mass is 16.6. The molecule has 0 saturated carbocycles. The molecule has 19 heavy (non-hydrogen) atoms. The fourth-order valence-corrected chi connectivity index (χ4v) is 2.39. The molecular weight excluding hydrogens is 242 g/mol. The van der Waals surface area contributed by atoms with Gasteiger partial charge in [-0.1, -0.05) is 6.07 Å². The first-order chi connectivity index (χ1) is 9.15. The zero-order valence-electron chi connectivity index (χ0n) is 11.1. The Hall–Kier alpha value is -1.94. The SMILES string of the molecule is Cc1cc(C(N)c2ccc3c(c2)OCCO3)c(C)o1. The van der Waals surface area contributed by atoms with Crippen LogP contribution in [0.3, 0.4) is 0 Å². The van der Waals surface area contributed by atoms with Crippen molar-refractivity contribution in [3.8, 4) is 11.5 Å². The number of furan rings is 1. The van der Waals surface area contributed by atoms with Crippen molar-refractivity contribution < 1.29 is 13.9 Å². The van der Waals surface area contributed by atoms with Crippen LogP contribution in [-0.4, -0.2) is 13.2 Å². The molecule has 0 bridgehead atoms. The lowest BCUT2D eigenvalue weighted by atomic mass is 9.99. The zero-order chi connectivity index (χ0) is 13.4. The number of benzene rings is 1. The molecule has 3 rings (SSSR count). The van der Waals surface area contributed by atoms with E-state index >= 15 is 0 Å². The Morgan fingerprint density at radius 1 is 1.05 bits per heavy atom. The molecule has 1 aromatic carbocycles. The van der Waals surface area contributed by atoms with Crippen LogP contribution in [-0.2, 0) is 0 Å². The number of fused-ring (bicyclic) bond motifs is 1. The fraction of sp³-hybridized carbons (Fsp3) is 0.333. The molecule has 4 heteroatoms. The van der Waals surface area contributed by atoms with E-state index in [2.05, 4.69) is 0 Å². The summed E-state index contributed by atoms with van der Waals surface area (Å²) in [4.78, 5) is 0. The van der Waals surface area contributed by atoms with E-state index in [1.807, 2.05) is 38.1 Å². The summed E-state index contributed by atoms with van der Waals surface area (Å²) in [7, 11) is 0. The maximum Gasteiger partial charge on any atom is 0.161 e. The van der Waals surface area contributed by atoms with E-state index < -0.39 is 0 Å². The summed E-state index contributed by atoms with van der Waals surface area (Å²) < 4.78 is 16.6. The molecular formula is C15H17NO3. The van der Waals surface area contributed by atoms with Gasteiger partial charge in [0.2, 0.25) is 0 Å². The lowest BCUT2D eigenvalue weighted by molar-refractivity contribution is 0.171. The molecule has 2 N–H and O–H groups in total. The second-order valence-corrected chi connectivity index (χ2v) is 4.75. The summed E-state index contributed by atoms with van der Waals surface area (Å²) in [5, 5.41) is 0. The van der Waals surface area contributed by atoms with Crippen molar-refractivity contribution in [2.24, 2.45) is 5.73 Å². The summed E-state index contributed by atoms with van der Waals surface area (Å²) in [6.45, 7) is 5.03. The number of nitrogens with two attached hydrogens (primary N) is 1. The minimum Gasteiger partial charge on any atom is -0.486 e. The first-order valence-electron chi connectivity index (χ1n) is 6.37. The monoisotopic (exact) mass is 259 g/mol. The van der Waals surface area contributed by atoms with E-state index in [-0.39, 0.29) is 6.04 Å². The van der Waals surface area contributed by atoms with Crippen LogP contribution in [0.5, 0.6) is 11.5 Å². The molecule has 1 atom stereocenters. The summed E-state index contributed by atoms with van der Waals surface area (Å²) >= 11 is 0. The van der Waals surface area contributed by atoms with Gasteiger partial charge in [-0.15, -0.1) is 0 Å². The molecule has 1 aliphatic rings. The van der Waals surface area contributed by atoms with Crippen molar-refractivity contribution in [3.05, 3.63) is 46.9 Å². The van der Waals surface area contributed by atoms with Crippen molar-refractivity contribution in [2.45, 2.75) is 19.9 Å². The van der Waals surface area contributed by atoms with E-state index in [0.29, 0.717) is 13.2 Å². The summed E-state index contributed by atoms with van der Waals surface area (Å²) in [6, 6.07) is 7.59. The Bertz CT molecular complexity index is 603. The molecule has 0 spiro atoms. The smallest absolute Gasteiger partial charge is 0.161 e. The maximum atomic E-state index is 6.31. The van der Waals surface area contributed by atoms with Crippen molar-refractivity contribution in [1.29, 1.82) is 0 Å². The van der Waals surface area contributed by atoms with Crippen LogP contribution in [0.1, 0.15) is 28.7 Å². The van der Waals surface area contributed by atoms with E-state index in [1.54, 1.807) is 0 Å². The number of rotatable bonds is 2. The van der Waals surface area contributed by atoms with Gasteiger partial charge in [-0.3, -0.25) is 0 Å². The number of hydrogen-bond donors (Lipinski definition) is 1. The third-order valence-electron chi connectivity index (χ3n) is 3.34. The van der Waals surface area contributed by atoms with E-state index in [4.69, 9.17) is 19.6 Å². The van der Waals surface area contributed by atoms with Gasteiger partial charge in [0.05, 0.1) is 6.04 Å². The summed E-state index contributed by atoms with van der Waals surface area (Å²) in [5.41, 5.74) is 8.31.